The first-order valence-corrected chi connectivity index (χ1v) is 5.72. The van der Waals surface area contributed by atoms with E-state index >= 15 is 0 Å². The van der Waals surface area contributed by atoms with E-state index in [1.54, 1.807) is 7.11 Å². The zero-order valence-corrected chi connectivity index (χ0v) is 10.1. The van der Waals surface area contributed by atoms with Crippen molar-refractivity contribution in [3.05, 3.63) is 30.1 Å². The predicted molar refractivity (Wildman–Crippen MR) is 66.3 cm³/mol. The lowest BCUT2D eigenvalue weighted by molar-refractivity contribution is 0.110. The minimum absolute atomic E-state index is 0.146. The van der Waals surface area contributed by atoms with E-state index in [1.165, 1.54) is 0 Å². The lowest BCUT2D eigenvalue weighted by Crippen LogP contribution is -2.16. The van der Waals surface area contributed by atoms with Crippen LogP contribution >= 0.6 is 0 Å². The molecular formula is C13H16N2O2. The summed E-state index contributed by atoms with van der Waals surface area (Å²) in [6, 6.07) is 7.92. The Balaban J connectivity index is 2.59. The van der Waals surface area contributed by atoms with Gasteiger partial charge in [0, 0.05) is 7.11 Å². The highest BCUT2D eigenvalue weighted by molar-refractivity contribution is 5.83. The summed E-state index contributed by atoms with van der Waals surface area (Å²) in [7, 11) is 1.67. The molecule has 0 saturated heterocycles. The van der Waals surface area contributed by atoms with Crippen molar-refractivity contribution >= 4 is 17.3 Å². The van der Waals surface area contributed by atoms with Gasteiger partial charge in [0.25, 0.3) is 0 Å². The van der Waals surface area contributed by atoms with Crippen LogP contribution in [0.15, 0.2) is 24.3 Å². The molecule has 0 saturated carbocycles. The summed E-state index contributed by atoms with van der Waals surface area (Å²) in [5.41, 5.74) is 1.84. The molecule has 0 N–H and O–H groups in total. The third-order valence-electron chi connectivity index (χ3n) is 2.92. The third kappa shape index (κ3) is 2.08. The molecular weight excluding hydrogens is 216 g/mol. The van der Waals surface area contributed by atoms with Crippen molar-refractivity contribution in [3.63, 3.8) is 0 Å². The van der Waals surface area contributed by atoms with Gasteiger partial charge in [-0.1, -0.05) is 19.1 Å². The highest BCUT2D eigenvalue weighted by Crippen LogP contribution is 2.22. The number of benzene rings is 1. The van der Waals surface area contributed by atoms with Gasteiger partial charge < -0.3 is 9.30 Å². The summed E-state index contributed by atoms with van der Waals surface area (Å²) in [6.45, 7) is 2.66. The molecule has 4 heteroatoms. The average Bonchev–Trinajstić information content (AvgIpc) is 2.74. The number of aldehydes is 1. The molecule has 1 atom stereocenters. The SMILES string of the molecule is CCC(COC)n1c(C=O)nc2ccccc21. The van der Waals surface area contributed by atoms with Gasteiger partial charge in [-0.25, -0.2) is 4.98 Å². The molecule has 0 bridgehead atoms. The Morgan fingerprint density at radius 2 is 2.24 bits per heavy atom. The largest absolute Gasteiger partial charge is 0.383 e. The Bertz CT molecular complexity index is 519. The average molecular weight is 232 g/mol. The molecule has 4 nitrogen and oxygen atoms in total. The van der Waals surface area contributed by atoms with Gasteiger partial charge in [0.05, 0.1) is 23.7 Å². The van der Waals surface area contributed by atoms with Crippen LogP contribution in [0, 0.1) is 0 Å². The molecule has 1 aromatic carbocycles. The van der Waals surface area contributed by atoms with Crippen LogP contribution < -0.4 is 0 Å². The first kappa shape index (κ1) is 11.8. The van der Waals surface area contributed by atoms with Crippen LogP contribution in [0.3, 0.4) is 0 Å². The quantitative estimate of drug-likeness (QED) is 0.744. The van der Waals surface area contributed by atoms with E-state index in [0.29, 0.717) is 12.4 Å². The summed E-state index contributed by atoms with van der Waals surface area (Å²) < 4.78 is 7.17. The number of nitrogens with zero attached hydrogens (tertiary/aromatic N) is 2. The topological polar surface area (TPSA) is 44.1 Å². The minimum atomic E-state index is 0.146. The van der Waals surface area contributed by atoms with Crippen LogP contribution in [0.4, 0.5) is 0 Å². The predicted octanol–water partition coefficient (Wildman–Crippen LogP) is 2.45. The number of carbonyl (C=O) groups is 1. The second-order valence-corrected chi connectivity index (χ2v) is 3.96. The van der Waals surface area contributed by atoms with Crippen molar-refractivity contribution in [3.8, 4) is 0 Å². The van der Waals surface area contributed by atoms with Crippen LogP contribution in [0.1, 0.15) is 30.0 Å². The Hall–Kier alpha value is -1.68. The van der Waals surface area contributed by atoms with Gasteiger partial charge in [0.2, 0.25) is 0 Å². The molecule has 0 aliphatic carbocycles. The molecule has 17 heavy (non-hydrogen) atoms. The van der Waals surface area contributed by atoms with E-state index in [-0.39, 0.29) is 6.04 Å². The molecule has 0 spiro atoms. The lowest BCUT2D eigenvalue weighted by Gasteiger charge is -2.17. The van der Waals surface area contributed by atoms with E-state index in [1.807, 2.05) is 28.8 Å². The van der Waals surface area contributed by atoms with E-state index in [4.69, 9.17) is 4.74 Å². The van der Waals surface area contributed by atoms with Gasteiger partial charge in [0.15, 0.2) is 12.1 Å². The fraction of sp³-hybridized carbons (Fsp3) is 0.385. The Kier molecular flexibility index (Phi) is 3.54. The number of para-hydroxylation sites is 2. The first-order valence-electron chi connectivity index (χ1n) is 5.72. The number of aromatic nitrogens is 2. The Morgan fingerprint density at radius 1 is 1.47 bits per heavy atom. The third-order valence-corrected chi connectivity index (χ3v) is 2.92. The smallest absolute Gasteiger partial charge is 0.185 e. The number of fused-ring (bicyclic) bond motifs is 1. The molecule has 0 aliphatic rings. The summed E-state index contributed by atoms with van der Waals surface area (Å²) >= 11 is 0. The van der Waals surface area contributed by atoms with Gasteiger partial charge >= 0.3 is 0 Å². The van der Waals surface area contributed by atoms with Crippen molar-refractivity contribution in [1.29, 1.82) is 0 Å². The van der Waals surface area contributed by atoms with Crippen LogP contribution in [0.5, 0.6) is 0 Å². The molecule has 90 valence electrons. The highest BCUT2D eigenvalue weighted by Gasteiger charge is 2.16. The molecule has 0 fully saturated rings. The molecule has 2 aromatic rings. The van der Waals surface area contributed by atoms with Crippen molar-refractivity contribution in [2.75, 3.05) is 13.7 Å². The van der Waals surface area contributed by atoms with E-state index in [0.717, 1.165) is 23.7 Å². The van der Waals surface area contributed by atoms with Crippen molar-refractivity contribution in [1.82, 2.24) is 9.55 Å². The number of methoxy groups -OCH3 is 1. The summed E-state index contributed by atoms with van der Waals surface area (Å²) in [5.74, 6) is 0.468. The maximum Gasteiger partial charge on any atom is 0.185 e. The van der Waals surface area contributed by atoms with Crippen LogP contribution in [-0.4, -0.2) is 29.6 Å². The normalized spacial score (nSPS) is 12.8. The molecule has 1 unspecified atom stereocenters. The molecule has 0 amide bonds. The lowest BCUT2D eigenvalue weighted by atomic mass is 10.2. The van der Waals surface area contributed by atoms with Crippen LogP contribution in [0.2, 0.25) is 0 Å². The molecule has 0 radical (unpaired) electrons. The Morgan fingerprint density at radius 3 is 2.88 bits per heavy atom. The molecule has 2 rings (SSSR count). The summed E-state index contributed by atoms with van der Waals surface area (Å²) in [4.78, 5) is 15.4. The molecule has 1 aromatic heterocycles. The number of hydrogen-bond donors (Lipinski definition) is 0. The second-order valence-electron chi connectivity index (χ2n) is 3.96. The van der Waals surface area contributed by atoms with Crippen LogP contribution in [-0.2, 0) is 4.74 Å². The number of rotatable bonds is 5. The maximum absolute atomic E-state index is 11.1. The fourth-order valence-electron chi connectivity index (χ4n) is 2.10. The first-order chi connectivity index (χ1) is 8.31. The number of imidazole rings is 1. The molecule has 1 heterocycles. The highest BCUT2D eigenvalue weighted by atomic mass is 16.5. The maximum atomic E-state index is 11.1. The molecule has 0 aliphatic heterocycles. The van der Waals surface area contributed by atoms with E-state index in [2.05, 4.69) is 11.9 Å². The van der Waals surface area contributed by atoms with E-state index < -0.39 is 0 Å². The minimum Gasteiger partial charge on any atom is -0.383 e. The number of hydrogen-bond acceptors (Lipinski definition) is 3. The zero-order valence-electron chi connectivity index (χ0n) is 10.1. The summed E-state index contributed by atoms with van der Waals surface area (Å²) in [5, 5.41) is 0. The van der Waals surface area contributed by atoms with Gasteiger partial charge in [-0.3, -0.25) is 4.79 Å². The summed E-state index contributed by atoms with van der Waals surface area (Å²) in [6.07, 6.45) is 1.70. The van der Waals surface area contributed by atoms with Crippen molar-refractivity contribution in [2.24, 2.45) is 0 Å². The Labute approximate surface area is 100 Å². The number of ether oxygens (including phenoxy) is 1. The number of carbonyl (C=O) groups excluding carboxylic acids is 1. The fourth-order valence-corrected chi connectivity index (χ4v) is 2.10. The van der Waals surface area contributed by atoms with Crippen molar-refractivity contribution < 1.29 is 9.53 Å². The van der Waals surface area contributed by atoms with Gasteiger partial charge in [-0.2, -0.15) is 0 Å². The zero-order chi connectivity index (χ0) is 12.3. The van der Waals surface area contributed by atoms with Crippen molar-refractivity contribution in [2.45, 2.75) is 19.4 Å². The van der Waals surface area contributed by atoms with Gasteiger partial charge in [-0.15, -0.1) is 0 Å². The van der Waals surface area contributed by atoms with Gasteiger partial charge in [-0.05, 0) is 18.6 Å². The standard InChI is InChI=1S/C13H16N2O2/c1-3-10(9-17-2)15-12-7-5-4-6-11(12)14-13(15)8-16/h4-8,10H,3,9H2,1-2H3. The monoisotopic (exact) mass is 232 g/mol. The van der Waals surface area contributed by atoms with Gasteiger partial charge in [0.1, 0.15) is 0 Å². The van der Waals surface area contributed by atoms with Crippen LogP contribution in [0.25, 0.3) is 11.0 Å². The van der Waals surface area contributed by atoms with E-state index in [9.17, 15) is 4.79 Å². The second kappa shape index (κ2) is 5.10.